The van der Waals surface area contributed by atoms with Crippen LogP contribution < -0.4 is 5.30 Å². The molecule has 0 aliphatic rings. The summed E-state index contributed by atoms with van der Waals surface area (Å²) in [6.07, 6.45) is 1.98. The van der Waals surface area contributed by atoms with Gasteiger partial charge in [0.1, 0.15) is 0 Å². The fourth-order valence-electron chi connectivity index (χ4n) is 2.03. The second kappa shape index (κ2) is 6.10. The van der Waals surface area contributed by atoms with E-state index in [0.29, 0.717) is 0 Å². The number of rotatable bonds is 2. The van der Waals surface area contributed by atoms with E-state index in [0.717, 1.165) is 7.96 Å². The zero-order valence-corrected chi connectivity index (χ0v) is 16.4. The van der Waals surface area contributed by atoms with Crippen LogP contribution >= 0.6 is 33.1 Å². The van der Waals surface area contributed by atoms with E-state index in [4.69, 9.17) is 4.98 Å². The van der Waals surface area contributed by atoms with E-state index in [-0.39, 0.29) is 18.1 Å². The maximum Gasteiger partial charge on any atom is 0.0500 e. The van der Waals surface area contributed by atoms with Gasteiger partial charge in [-0.25, -0.2) is 0 Å². The molecule has 5 heteroatoms. The van der Waals surface area contributed by atoms with Gasteiger partial charge in [-0.2, -0.15) is 0 Å². The molecule has 0 N–H and O–H groups in total. The maximum atomic E-state index is 4.69. The molecule has 0 aliphatic carbocycles. The van der Waals surface area contributed by atoms with Crippen LogP contribution in [0.15, 0.2) is 12.3 Å². The van der Waals surface area contributed by atoms with Crippen molar-refractivity contribution in [3.05, 3.63) is 23.5 Å². The van der Waals surface area contributed by atoms with Crippen LogP contribution in [0.3, 0.4) is 0 Å². The molecule has 102 valence electrons. The average molecular weight is 319 g/mol. The molecule has 0 radical (unpaired) electrons. The van der Waals surface area contributed by atoms with E-state index < -0.39 is 0 Å². The molecular formula is C13H25NP4. The van der Waals surface area contributed by atoms with Crippen molar-refractivity contribution < 1.29 is 0 Å². The van der Waals surface area contributed by atoms with Crippen molar-refractivity contribution in [3.63, 3.8) is 0 Å². The molecule has 1 aromatic heterocycles. The zero-order valence-electron chi connectivity index (χ0n) is 12.2. The van der Waals surface area contributed by atoms with Crippen LogP contribution in [0.25, 0.3) is 0 Å². The van der Waals surface area contributed by atoms with Crippen LogP contribution in [0.4, 0.5) is 0 Å². The molecule has 0 bridgehead atoms. The highest BCUT2D eigenvalue weighted by Gasteiger charge is 2.30. The van der Waals surface area contributed by atoms with Gasteiger partial charge in [0.25, 0.3) is 0 Å². The molecule has 18 heavy (non-hydrogen) atoms. The molecule has 0 aromatic carbocycles. The standard InChI is InChI=1S/C13H25NP4/c1-12(2,3)10-9(18(16)17-15)7-8-14-11(10)13(4,5)6/h7-8,17H,15-16H2,1-6H3. The maximum absolute atomic E-state index is 4.69. The first-order valence-corrected chi connectivity index (χ1v) is 12.7. The predicted octanol–water partition coefficient (Wildman–Crippen LogP) is 4.96. The Morgan fingerprint density at radius 3 is 2.06 bits per heavy atom. The van der Waals surface area contributed by atoms with Crippen molar-refractivity contribution >= 4 is 38.4 Å². The predicted molar refractivity (Wildman–Crippen MR) is 95.9 cm³/mol. The quantitative estimate of drug-likeness (QED) is 0.702. The molecule has 1 rings (SSSR count). The minimum absolute atomic E-state index is 0.101. The molecule has 0 spiro atoms. The Bertz CT molecular complexity index is 418. The van der Waals surface area contributed by atoms with Crippen LogP contribution in [-0.4, -0.2) is 4.98 Å². The first-order chi connectivity index (χ1) is 8.09. The summed E-state index contributed by atoms with van der Waals surface area (Å²) in [5.74, 6) is 0. The Hall–Kier alpha value is 0.870. The van der Waals surface area contributed by atoms with Gasteiger partial charge in [-0.05, 0) is 29.6 Å². The second-order valence-electron chi connectivity index (χ2n) is 6.55. The van der Waals surface area contributed by atoms with Crippen LogP contribution in [0.1, 0.15) is 52.8 Å². The van der Waals surface area contributed by atoms with E-state index in [1.807, 2.05) is 6.20 Å². The van der Waals surface area contributed by atoms with Crippen LogP contribution in [0.2, 0.25) is 0 Å². The molecule has 4 unspecified atom stereocenters. The molecule has 0 amide bonds. The van der Waals surface area contributed by atoms with Gasteiger partial charge >= 0.3 is 0 Å². The molecule has 0 saturated carbocycles. The molecule has 0 saturated heterocycles. The summed E-state index contributed by atoms with van der Waals surface area (Å²) in [5.41, 5.74) is 2.95. The lowest BCUT2D eigenvalue weighted by atomic mass is 9.78. The molecular weight excluding hydrogens is 294 g/mol. The third-order valence-corrected chi connectivity index (χ3v) is 12.9. The van der Waals surface area contributed by atoms with E-state index in [1.54, 1.807) is 0 Å². The highest BCUT2D eigenvalue weighted by atomic mass is 32.6. The Morgan fingerprint density at radius 2 is 1.67 bits per heavy atom. The summed E-state index contributed by atoms with van der Waals surface area (Å²) in [5, 5.41) is 1.50. The second-order valence-corrected chi connectivity index (χ2v) is 15.7. The van der Waals surface area contributed by atoms with Crippen molar-refractivity contribution in [1.82, 2.24) is 4.98 Å². The minimum atomic E-state index is -0.154. The van der Waals surface area contributed by atoms with E-state index in [2.05, 4.69) is 65.5 Å². The first-order valence-electron chi connectivity index (χ1n) is 6.10. The molecule has 0 aliphatic heterocycles. The Morgan fingerprint density at radius 1 is 1.11 bits per heavy atom. The van der Waals surface area contributed by atoms with E-state index in [1.165, 1.54) is 16.6 Å². The first kappa shape index (κ1) is 16.9. The highest BCUT2D eigenvalue weighted by molar-refractivity contribution is 8.63. The van der Waals surface area contributed by atoms with Gasteiger partial charge < -0.3 is 0 Å². The van der Waals surface area contributed by atoms with E-state index in [9.17, 15) is 0 Å². The van der Waals surface area contributed by atoms with Crippen LogP contribution in [-0.2, 0) is 10.8 Å². The van der Waals surface area contributed by atoms with Gasteiger partial charge in [-0.15, -0.1) is 17.9 Å². The van der Waals surface area contributed by atoms with Gasteiger partial charge in [0.05, 0.1) is 5.69 Å². The van der Waals surface area contributed by atoms with Crippen molar-refractivity contribution in [1.29, 1.82) is 0 Å². The largest absolute Gasteiger partial charge is 0.260 e. The lowest BCUT2D eigenvalue weighted by Crippen LogP contribution is -2.29. The number of hydrogen-bond donors (Lipinski definition) is 0. The lowest BCUT2D eigenvalue weighted by molar-refractivity contribution is 0.517. The minimum Gasteiger partial charge on any atom is -0.260 e. The summed E-state index contributed by atoms with van der Waals surface area (Å²) in [6, 6.07) is 2.21. The monoisotopic (exact) mass is 319 g/mol. The Kier molecular flexibility index (Phi) is 5.74. The van der Waals surface area contributed by atoms with Gasteiger partial charge in [0.2, 0.25) is 0 Å². The fraction of sp³-hybridized carbons (Fsp3) is 0.615. The van der Waals surface area contributed by atoms with E-state index >= 15 is 0 Å². The Balaban J connectivity index is 3.56. The average Bonchev–Trinajstić information content (AvgIpc) is 2.24. The third kappa shape index (κ3) is 3.93. The van der Waals surface area contributed by atoms with Gasteiger partial charge in [0.15, 0.2) is 0 Å². The number of nitrogens with zero attached hydrogens (tertiary/aromatic N) is 1. The molecule has 0 fully saturated rings. The molecule has 1 aromatic rings. The third-order valence-electron chi connectivity index (χ3n) is 2.79. The fourth-order valence-corrected chi connectivity index (χ4v) is 5.95. The Labute approximate surface area is 119 Å². The van der Waals surface area contributed by atoms with Crippen molar-refractivity contribution in [2.45, 2.75) is 52.4 Å². The number of hydrogen-bond acceptors (Lipinski definition) is 1. The summed E-state index contributed by atoms with van der Waals surface area (Å²) >= 11 is 0. The van der Waals surface area contributed by atoms with Gasteiger partial charge in [-0.1, -0.05) is 49.5 Å². The van der Waals surface area contributed by atoms with Gasteiger partial charge in [-0.3, -0.25) is 4.98 Å². The van der Waals surface area contributed by atoms with Crippen molar-refractivity contribution in [2.75, 3.05) is 0 Å². The van der Waals surface area contributed by atoms with Crippen LogP contribution in [0.5, 0.6) is 0 Å². The van der Waals surface area contributed by atoms with Crippen molar-refractivity contribution in [2.24, 2.45) is 0 Å². The smallest absolute Gasteiger partial charge is 0.0500 e. The molecule has 1 heterocycles. The summed E-state index contributed by atoms with van der Waals surface area (Å²) in [6.45, 7) is 13.6. The number of pyridine rings is 1. The SMILES string of the molecule is CC(C)(C)c1nccc(P(P)PP)c1C(C)(C)C. The normalized spacial score (nSPS) is 15.3. The topological polar surface area (TPSA) is 12.9 Å². The molecule has 4 atom stereocenters. The summed E-state index contributed by atoms with van der Waals surface area (Å²) in [7, 11) is 6.65. The molecule has 1 nitrogen and oxygen atoms in total. The lowest BCUT2D eigenvalue weighted by Gasteiger charge is -2.32. The highest BCUT2D eigenvalue weighted by Crippen LogP contribution is 2.65. The number of aromatic nitrogens is 1. The summed E-state index contributed by atoms with van der Waals surface area (Å²) < 4.78 is 0. The summed E-state index contributed by atoms with van der Waals surface area (Å²) in [4.78, 5) is 4.69. The van der Waals surface area contributed by atoms with Crippen molar-refractivity contribution in [3.8, 4) is 0 Å². The zero-order chi connectivity index (χ0) is 14.1. The van der Waals surface area contributed by atoms with Gasteiger partial charge in [0, 0.05) is 11.6 Å². The van der Waals surface area contributed by atoms with Crippen LogP contribution in [0, 0.1) is 0 Å².